The van der Waals surface area contributed by atoms with Gasteiger partial charge in [0.2, 0.25) is 0 Å². The monoisotopic (exact) mass is 303 g/mol. The van der Waals surface area contributed by atoms with Gasteiger partial charge in [-0.1, -0.05) is 42.5 Å². The predicted molar refractivity (Wildman–Crippen MR) is 89.5 cm³/mol. The second-order valence-corrected chi connectivity index (χ2v) is 7.71. The van der Waals surface area contributed by atoms with Gasteiger partial charge in [-0.15, -0.1) is 0 Å². The molecule has 2 atom stereocenters. The van der Waals surface area contributed by atoms with E-state index in [1.807, 2.05) is 53.4 Å². The normalized spacial score (nSPS) is 18.6. The Bertz CT molecular complexity index is 572. The number of hydrogen-bond donors (Lipinski definition) is 0. The summed E-state index contributed by atoms with van der Waals surface area (Å²) in [5.74, 6) is 1.92. The molecule has 4 heteroatoms. The lowest BCUT2D eigenvalue weighted by molar-refractivity contribution is 0.593. The van der Waals surface area contributed by atoms with Gasteiger partial charge >= 0.3 is 0 Å². The van der Waals surface area contributed by atoms with E-state index in [1.54, 1.807) is 0 Å². The third-order valence-corrected chi connectivity index (χ3v) is 6.04. The molecule has 1 fully saturated rings. The van der Waals surface area contributed by atoms with Crippen molar-refractivity contribution < 1.29 is 4.55 Å². The van der Waals surface area contributed by atoms with Gasteiger partial charge < -0.3 is 4.55 Å². The molecule has 3 rings (SSSR count). The Balaban J connectivity index is 1.79. The van der Waals surface area contributed by atoms with E-state index in [0.29, 0.717) is 5.25 Å². The Kier molecular flexibility index (Phi) is 4.24. The van der Waals surface area contributed by atoms with Gasteiger partial charge in [0, 0.05) is 5.75 Å². The molecule has 0 radical (unpaired) electrons. The van der Waals surface area contributed by atoms with Crippen LogP contribution in [0.2, 0.25) is 0 Å². The standard InChI is InChI=1S/C16H17NOS2/c1-17(20(18)12-16-11-19-16)15-9-5-8-14(10-15)13-6-3-2-4-7-13/h2-10,16H,11-12H2,1H3. The summed E-state index contributed by atoms with van der Waals surface area (Å²) in [6.45, 7) is 0. The number of hydrogen-bond acceptors (Lipinski definition) is 3. The molecule has 0 spiro atoms. The fraction of sp³-hybridized carbons (Fsp3) is 0.250. The highest BCUT2D eigenvalue weighted by Crippen LogP contribution is 2.33. The Morgan fingerprint density at radius 3 is 2.55 bits per heavy atom. The molecule has 1 heterocycles. The quantitative estimate of drug-likeness (QED) is 0.624. The summed E-state index contributed by atoms with van der Waals surface area (Å²) in [5, 5.41) is 0.593. The van der Waals surface area contributed by atoms with Crippen molar-refractivity contribution in [2.75, 3.05) is 22.9 Å². The third kappa shape index (κ3) is 3.32. The Labute approximate surface area is 127 Å². The largest absolute Gasteiger partial charge is 0.593 e. The number of anilines is 1. The highest BCUT2D eigenvalue weighted by molar-refractivity contribution is 8.08. The second-order valence-electron chi connectivity index (χ2n) is 4.86. The van der Waals surface area contributed by atoms with Crippen LogP contribution in [-0.2, 0) is 11.4 Å². The smallest absolute Gasteiger partial charge is 0.143 e. The molecule has 2 aromatic rings. The summed E-state index contributed by atoms with van der Waals surface area (Å²) < 4.78 is 14.1. The van der Waals surface area contributed by atoms with Crippen LogP contribution in [0.5, 0.6) is 0 Å². The zero-order valence-corrected chi connectivity index (χ0v) is 13.0. The van der Waals surface area contributed by atoms with E-state index in [1.165, 1.54) is 5.56 Å². The van der Waals surface area contributed by atoms with Crippen molar-refractivity contribution in [1.82, 2.24) is 0 Å². The van der Waals surface area contributed by atoms with E-state index < -0.39 is 11.4 Å². The molecule has 20 heavy (non-hydrogen) atoms. The molecule has 0 bridgehead atoms. The fourth-order valence-electron chi connectivity index (χ4n) is 2.06. The van der Waals surface area contributed by atoms with Gasteiger partial charge in [-0.05, 0) is 23.3 Å². The number of rotatable bonds is 5. The van der Waals surface area contributed by atoms with Crippen molar-refractivity contribution in [2.24, 2.45) is 0 Å². The minimum Gasteiger partial charge on any atom is -0.593 e. The SMILES string of the molecule is CN(c1cccc(-c2ccccc2)c1)[S+]([O-])CC1CS1. The average Bonchev–Trinajstić information content (AvgIpc) is 3.31. The van der Waals surface area contributed by atoms with Crippen LogP contribution in [0.3, 0.4) is 0 Å². The molecule has 104 valence electrons. The number of thioether (sulfide) groups is 1. The van der Waals surface area contributed by atoms with Crippen molar-refractivity contribution in [2.45, 2.75) is 5.25 Å². The Morgan fingerprint density at radius 1 is 1.15 bits per heavy atom. The minimum atomic E-state index is -0.936. The zero-order valence-electron chi connectivity index (χ0n) is 11.4. The molecule has 1 aliphatic rings. The minimum absolute atomic E-state index is 0.593. The number of nitrogens with zero attached hydrogens (tertiary/aromatic N) is 1. The lowest BCUT2D eigenvalue weighted by atomic mass is 10.1. The first-order chi connectivity index (χ1) is 9.74. The molecule has 0 aliphatic carbocycles. The Morgan fingerprint density at radius 2 is 1.85 bits per heavy atom. The van der Waals surface area contributed by atoms with E-state index in [0.717, 1.165) is 22.8 Å². The van der Waals surface area contributed by atoms with Gasteiger partial charge in [-0.25, -0.2) is 0 Å². The topological polar surface area (TPSA) is 26.3 Å². The molecule has 2 unspecified atom stereocenters. The summed E-state index contributed by atoms with van der Waals surface area (Å²) in [4.78, 5) is 0. The van der Waals surface area contributed by atoms with Crippen molar-refractivity contribution in [3.63, 3.8) is 0 Å². The van der Waals surface area contributed by atoms with Gasteiger partial charge in [0.05, 0.1) is 29.3 Å². The molecule has 1 saturated heterocycles. The zero-order chi connectivity index (χ0) is 13.9. The van der Waals surface area contributed by atoms with Crippen LogP contribution in [0.15, 0.2) is 54.6 Å². The molecule has 1 aliphatic heterocycles. The van der Waals surface area contributed by atoms with Crippen LogP contribution >= 0.6 is 11.8 Å². The Hall–Kier alpha value is -1.10. The van der Waals surface area contributed by atoms with Gasteiger partial charge in [0.15, 0.2) is 0 Å². The molecule has 2 nitrogen and oxygen atoms in total. The molecule has 0 amide bonds. The van der Waals surface area contributed by atoms with Crippen LogP contribution in [-0.4, -0.2) is 28.4 Å². The molecule has 2 aromatic carbocycles. The second kappa shape index (κ2) is 6.12. The first kappa shape index (κ1) is 13.9. The maximum absolute atomic E-state index is 12.3. The maximum atomic E-state index is 12.3. The third-order valence-electron chi connectivity index (χ3n) is 3.35. The van der Waals surface area contributed by atoms with Gasteiger partial charge in [0.1, 0.15) is 5.75 Å². The fourth-order valence-corrected chi connectivity index (χ4v) is 4.21. The summed E-state index contributed by atoms with van der Waals surface area (Å²) in [6.07, 6.45) is 0. The summed E-state index contributed by atoms with van der Waals surface area (Å²) >= 11 is 0.954. The van der Waals surface area contributed by atoms with E-state index >= 15 is 0 Å². The first-order valence-corrected chi connectivity index (χ1v) is 8.96. The lowest BCUT2D eigenvalue weighted by Crippen LogP contribution is -2.30. The van der Waals surface area contributed by atoms with Crippen molar-refractivity contribution in [3.05, 3.63) is 54.6 Å². The van der Waals surface area contributed by atoms with Crippen LogP contribution in [0.25, 0.3) is 11.1 Å². The molecule has 0 N–H and O–H groups in total. The van der Waals surface area contributed by atoms with Crippen molar-refractivity contribution in [3.8, 4) is 11.1 Å². The van der Waals surface area contributed by atoms with Crippen molar-refractivity contribution in [1.29, 1.82) is 0 Å². The van der Waals surface area contributed by atoms with Gasteiger partial charge in [-0.3, -0.25) is 0 Å². The van der Waals surface area contributed by atoms with E-state index in [-0.39, 0.29) is 0 Å². The summed E-state index contributed by atoms with van der Waals surface area (Å²) in [5.41, 5.74) is 3.36. The number of benzene rings is 2. The average molecular weight is 303 g/mol. The lowest BCUT2D eigenvalue weighted by Gasteiger charge is -2.22. The van der Waals surface area contributed by atoms with Crippen molar-refractivity contribution >= 4 is 28.8 Å². The van der Waals surface area contributed by atoms with Crippen LogP contribution in [0.4, 0.5) is 5.69 Å². The molecule has 0 saturated carbocycles. The molecule has 0 aromatic heterocycles. The highest BCUT2D eigenvalue weighted by atomic mass is 32.2. The molecular weight excluding hydrogens is 286 g/mol. The summed E-state index contributed by atoms with van der Waals surface area (Å²) in [6, 6.07) is 18.5. The van der Waals surface area contributed by atoms with Gasteiger partial charge in [0.25, 0.3) is 0 Å². The van der Waals surface area contributed by atoms with Crippen LogP contribution in [0, 0.1) is 0 Å². The highest BCUT2D eigenvalue weighted by Gasteiger charge is 2.30. The van der Waals surface area contributed by atoms with E-state index in [9.17, 15) is 4.55 Å². The van der Waals surface area contributed by atoms with E-state index in [4.69, 9.17) is 0 Å². The molecular formula is C16H17NOS2. The van der Waals surface area contributed by atoms with Crippen LogP contribution in [0.1, 0.15) is 0 Å². The summed E-state index contributed by atoms with van der Waals surface area (Å²) in [7, 11) is 1.91. The maximum Gasteiger partial charge on any atom is 0.143 e. The van der Waals surface area contributed by atoms with Gasteiger partial charge in [-0.2, -0.15) is 16.1 Å². The van der Waals surface area contributed by atoms with E-state index in [2.05, 4.69) is 24.3 Å². The predicted octanol–water partition coefficient (Wildman–Crippen LogP) is 3.57. The van der Waals surface area contributed by atoms with Crippen LogP contribution < -0.4 is 4.31 Å². The first-order valence-electron chi connectivity index (χ1n) is 6.63.